The summed E-state index contributed by atoms with van der Waals surface area (Å²) in [6.45, 7) is 3.67. The van der Waals surface area contributed by atoms with Crippen LogP contribution in [0, 0.1) is 25.1 Å². The Balaban J connectivity index is 1.81. The maximum Gasteiger partial charge on any atom is 0.278 e. The topological polar surface area (TPSA) is 69.1 Å². The summed E-state index contributed by atoms with van der Waals surface area (Å²) in [6, 6.07) is 11.8. The minimum Gasteiger partial charge on any atom is -0.332 e. The third-order valence-electron chi connectivity index (χ3n) is 5.06. The first-order valence-corrected chi connectivity index (χ1v) is 9.39. The molecule has 5 rings (SSSR count). The smallest absolute Gasteiger partial charge is 0.278 e. The van der Waals surface area contributed by atoms with Crippen molar-refractivity contribution in [2.75, 3.05) is 0 Å². The molecule has 4 aromatic rings. The second kappa shape index (κ2) is 6.78. The number of terminal acetylenes is 1. The van der Waals surface area contributed by atoms with Crippen LogP contribution in [0.3, 0.4) is 0 Å². The van der Waals surface area contributed by atoms with E-state index in [9.17, 15) is 4.39 Å². The van der Waals surface area contributed by atoms with E-state index < -0.39 is 0 Å². The van der Waals surface area contributed by atoms with Crippen LogP contribution in [0.5, 0.6) is 0 Å². The number of hydrogen-bond donors (Lipinski definition) is 0. The standard InChI is InChI=1S/C23H16FN5O/c1-4-15-9-10-19-17(11-15)20(16-7-5-6-8-18(16)24)26-13(2)22-21(25-12-29(19)22)23-27-14(3)28-30-23/h1,5-13H,2-3H3/t13-/m0/s1. The summed E-state index contributed by atoms with van der Waals surface area (Å²) in [5, 5.41) is 3.87. The van der Waals surface area contributed by atoms with Gasteiger partial charge >= 0.3 is 0 Å². The van der Waals surface area contributed by atoms with E-state index in [4.69, 9.17) is 15.9 Å². The zero-order valence-corrected chi connectivity index (χ0v) is 16.3. The molecule has 1 aliphatic heterocycles. The second-order valence-electron chi connectivity index (χ2n) is 7.00. The van der Waals surface area contributed by atoms with Crippen LogP contribution >= 0.6 is 0 Å². The van der Waals surface area contributed by atoms with Gasteiger partial charge in [-0.25, -0.2) is 9.37 Å². The van der Waals surface area contributed by atoms with Crippen molar-refractivity contribution in [2.45, 2.75) is 19.9 Å². The van der Waals surface area contributed by atoms with E-state index >= 15 is 0 Å². The molecule has 0 fully saturated rings. The zero-order chi connectivity index (χ0) is 20.8. The maximum absolute atomic E-state index is 14.7. The number of hydrogen-bond acceptors (Lipinski definition) is 5. The molecule has 0 radical (unpaired) electrons. The summed E-state index contributed by atoms with van der Waals surface area (Å²) in [5.74, 6) is 3.13. The van der Waals surface area contributed by atoms with Crippen LogP contribution in [-0.4, -0.2) is 25.4 Å². The normalized spacial score (nSPS) is 15.0. The van der Waals surface area contributed by atoms with E-state index in [1.807, 2.05) is 29.7 Å². The number of rotatable bonds is 2. The molecule has 6 nitrogen and oxygen atoms in total. The van der Waals surface area contributed by atoms with Crippen molar-refractivity contribution in [3.8, 4) is 29.6 Å². The van der Waals surface area contributed by atoms with Gasteiger partial charge in [-0.05, 0) is 44.2 Å². The van der Waals surface area contributed by atoms with Crippen LogP contribution in [0.1, 0.15) is 41.2 Å². The Labute approximate surface area is 172 Å². The van der Waals surface area contributed by atoms with E-state index in [1.165, 1.54) is 6.07 Å². The minimum atomic E-state index is -0.356. The number of imidazole rings is 1. The van der Waals surface area contributed by atoms with Crippen molar-refractivity contribution in [2.24, 2.45) is 4.99 Å². The predicted octanol–water partition coefficient (Wildman–Crippen LogP) is 4.26. The lowest BCUT2D eigenvalue weighted by atomic mass is 9.98. The predicted molar refractivity (Wildman–Crippen MR) is 110 cm³/mol. The Bertz CT molecular complexity index is 1360. The zero-order valence-electron chi connectivity index (χ0n) is 16.3. The first-order chi connectivity index (χ1) is 14.6. The molecule has 1 aliphatic rings. The number of fused-ring (bicyclic) bond motifs is 3. The fourth-order valence-electron chi connectivity index (χ4n) is 3.72. The highest BCUT2D eigenvalue weighted by Crippen LogP contribution is 2.36. The van der Waals surface area contributed by atoms with E-state index in [1.54, 1.807) is 31.5 Å². The number of aliphatic imine (C=N–C) groups is 1. The molecule has 0 amide bonds. The molecule has 146 valence electrons. The van der Waals surface area contributed by atoms with Crippen LogP contribution in [-0.2, 0) is 0 Å². The highest BCUT2D eigenvalue weighted by molar-refractivity contribution is 6.15. The lowest BCUT2D eigenvalue weighted by Crippen LogP contribution is -2.09. The minimum absolute atomic E-state index is 0.319. The molecule has 7 heteroatoms. The summed E-state index contributed by atoms with van der Waals surface area (Å²) >= 11 is 0. The Morgan fingerprint density at radius 1 is 1.17 bits per heavy atom. The monoisotopic (exact) mass is 397 g/mol. The summed E-state index contributed by atoms with van der Waals surface area (Å²) in [7, 11) is 0. The number of halogens is 1. The average Bonchev–Trinajstić information content (AvgIpc) is 3.35. The van der Waals surface area contributed by atoms with Gasteiger partial charge in [-0.2, -0.15) is 4.98 Å². The van der Waals surface area contributed by atoms with E-state index in [0.717, 1.165) is 16.9 Å². The second-order valence-corrected chi connectivity index (χ2v) is 7.00. The van der Waals surface area contributed by atoms with Gasteiger partial charge in [0, 0.05) is 16.7 Å². The fourth-order valence-corrected chi connectivity index (χ4v) is 3.72. The van der Waals surface area contributed by atoms with Gasteiger partial charge in [-0.15, -0.1) is 6.42 Å². The van der Waals surface area contributed by atoms with Gasteiger partial charge in [0.2, 0.25) is 0 Å². The Hall–Kier alpha value is -4.05. The van der Waals surface area contributed by atoms with Crippen LogP contribution < -0.4 is 0 Å². The summed E-state index contributed by atoms with van der Waals surface area (Å²) in [4.78, 5) is 13.7. The van der Waals surface area contributed by atoms with E-state index in [0.29, 0.717) is 34.2 Å². The van der Waals surface area contributed by atoms with Crippen LogP contribution in [0.2, 0.25) is 0 Å². The van der Waals surface area contributed by atoms with Gasteiger partial charge in [-0.3, -0.25) is 9.56 Å². The van der Waals surface area contributed by atoms with Crippen LogP contribution in [0.4, 0.5) is 4.39 Å². The molecule has 3 heterocycles. The molecule has 0 saturated heterocycles. The third-order valence-corrected chi connectivity index (χ3v) is 5.06. The molecule has 0 N–H and O–H groups in total. The average molecular weight is 397 g/mol. The highest BCUT2D eigenvalue weighted by atomic mass is 19.1. The number of benzene rings is 2. The quantitative estimate of drug-likeness (QED) is 0.474. The van der Waals surface area contributed by atoms with Gasteiger partial charge in [0.15, 0.2) is 11.5 Å². The summed E-state index contributed by atoms with van der Waals surface area (Å²) < 4.78 is 22.0. The highest BCUT2D eigenvalue weighted by Gasteiger charge is 2.29. The Kier molecular flexibility index (Phi) is 4.07. The molecule has 0 saturated carbocycles. The molecule has 30 heavy (non-hydrogen) atoms. The number of aromatic nitrogens is 4. The van der Waals surface area contributed by atoms with Gasteiger partial charge in [-0.1, -0.05) is 23.2 Å². The molecule has 0 bridgehead atoms. The molecule has 0 unspecified atom stereocenters. The van der Waals surface area contributed by atoms with Crippen molar-refractivity contribution >= 4 is 5.71 Å². The largest absolute Gasteiger partial charge is 0.332 e. The van der Waals surface area contributed by atoms with Gasteiger partial charge in [0.1, 0.15) is 12.1 Å². The molecular formula is C23H16FN5O. The number of nitrogens with zero attached hydrogens (tertiary/aromatic N) is 5. The van der Waals surface area contributed by atoms with Gasteiger partial charge < -0.3 is 4.52 Å². The molecular weight excluding hydrogens is 381 g/mol. The van der Waals surface area contributed by atoms with Crippen molar-refractivity contribution < 1.29 is 8.91 Å². The van der Waals surface area contributed by atoms with Crippen molar-refractivity contribution in [3.05, 3.63) is 82.8 Å². The van der Waals surface area contributed by atoms with Gasteiger partial charge in [0.25, 0.3) is 5.89 Å². The van der Waals surface area contributed by atoms with Crippen molar-refractivity contribution in [3.63, 3.8) is 0 Å². The first-order valence-electron chi connectivity index (χ1n) is 9.39. The van der Waals surface area contributed by atoms with E-state index in [2.05, 4.69) is 21.0 Å². The molecule has 0 spiro atoms. The van der Waals surface area contributed by atoms with Crippen LogP contribution in [0.25, 0.3) is 17.3 Å². The third kappa shape index (κ3) is 2.73. The lowest BCUT2D eigenvalue weighted by molar-refractivity contribution is 0.424. The maximum atomic E-state index is 14.7. The summed E-state index contributed by atoms with van der Waals surface area (Å²) in [5.41, 5.74) is 4.48. The molecule has 1 atom stereocenters. The summed E-state index contributed by atoms with van der Waals surface area (Å²) in [6.07, 6.45) is 7.32. The van der Waals surface area contributed by atoms with Crippen LogP contribution in [0.15, 0.2) is 58.3 Å². The molecule has 0 aliphatic carbocycles. The SMILES string of the molecule is C#Cc1ccc2c(c1)C(c1ccccc1F)=N[C@@H](C)c1c(-c3nc(C)no3)ncn1-2. The van der Waals surface area contributed by atoms with E-state index in [-0.39, 0.29) is 11.9 Å². The fraction of sp³-hybridized carbons (Fsp3) is 0.130. The Morgan fingerprint density at radius 2 is 2.00 bits per heavy atom. The van der Waals surface area contributed by atoms with Crippen molar-refractivity contribution in [1.29, 1.82) is 0 Å². The van der Waals surface area contributed by atoms with Gasteiger partial charge in [0.05, 0.1) is 23.1 Å². The van der Waals surface area contributed by atoms with Crippen molar-refractivity contribution in [1.82, 2.24) is 19.7 Å². The lowest BCUT2D eigenvalue weighted by Gasteiger charge is -2.12. The Morgan fingerprint density at radius 3 is 2.73 bits per heavy atom. The number of aryl methyl sites for hydroxylation is 1. The molecule has 2 aromatic carbocycles. The molecule has 2 aromatic heterocycles. The first kappa shape index (κ1) is 18.0.